The lowest BCUT2D eigenvalue weighted by molar-refractivity contribution is 0.0685. The minimum absolute atomic E-state index is 0.00890. The number of aromatic nitrogens is 3. The van der Waals surface area contributed by atoms with Crippen LogP contribution in [0.1, 0.15) is 36.3 Å². The third kappa shape index (κ3) is 4.05. The molecular weight excluding hydrogens is 396 g/mol. The van der Waals surface area contributed by atoms with Gasteiger partial charge in [-0.3, -0.25) is 9.48 Å². The first kappa shape index (κ1) is 19.0. The number of carbonyl (C=O) groups excluding carboxylic acids is 1. The Labute approximate surface area is 172 Å². The number of piperidine rings is 1. The van der Waals surface area contributed by atoms with Crippen molar-refractivity contribution in [2.45, 2.75) is 25.8 Å². The summed E-state index contributed by atoms with van der Waals surface area (Å²) >= 11 is 7.44. The van der Waals surface area contributed by atoms with Gasteiger partial charge in [-0.2, -0.15) is 5.10 Å². The molecule has 0 saturated carbocycles. The molecule has 0 bridgehead atoms. The van der Waals surface area contributed by atoms with Crippen molar-refractivity contribution in [3.63, 3.8) is 0 Å². The summed E-state index contributed by atoms with van der Waals surface area (Å²) < 4.78 is 7.37. The van der Waals surface area contributed by atoms with E-state index in [2.05, 4.69) is 10.1 Å². The molecule has 28 heavy (non-hydrogen) atoms. The second-order valence-corrected chi connectivity index (χ2v) is 7.95. The van der Waals surface area contributed by atoms with E-state index in [1.807, 2.05) is 52.3 Å². The van der Waals surface area contributed by atoms with Crippen LogP contribution in [0, 0.1) is 0 Å². The van der Waals surface area contributed by atoms with Gasteiger partial charge in [0.15, 0.2) is 0 Å². The number of thiazole rings is 1. The van der Waals surface area contributed by atoms with Crippen LogP contribution in [0.3, 0.4) is 0 Å². The van der Waals surface area contributed by atoms with Gasteiger partial charge in [0.1, 0.15) is 16.5 Å². The highest BCUT2D eigenvalue weighted by molar-refractivity contribution is 7.13. The van der Waals surface area contributed by atoms with E-state index in [-0.39, 0.29) is 11.9 Å². The SMILES string of the molecule is CCOc1ccc(-c2nc(C(=O)N3CCC(n4cc(Cl)cn4)CC3)cs2)cc1. The van der Waals surface area contributed by atoms with E-state index in [1.54, 1.807) is 6.20 Å². The van der Waals surface area contributed by atoms with E-state index in [0.29, 0.717) is 30.4 Å². The first-order chi connectivity index (χ1) is 13.6. The van der Waals surface area contributed by atoms with Crippen molar-refractivity contribution >= 4 is 28.8 Å². The Hall–Kier alpha value is -2.38. The van der Waals surface area contributed by atoms with Gasteiger partial charge in [0.25, 0.3) is 5.91 Å². The molecule has 0 N–H and O–H groups in total. The second-order valence-electron chi connectivity index (χ2n) is 6.66. The molecule has 0 atom stereocenters. The number of carbonyl (C=O) groups is 1. The maximum atomic E-state index is 12.8. The summed E-state index contributed by atoms with van der Waals surface area (Å²) in [7, 11) is 0. The number of hydrogen-bond acceptors (Lipinski definition) is 5. The molecule has 1 aliphatic heterocycles. The van der Waals surface area contributed by atoms with Gasteiger partial charge in [-0.1, -0.05) is 11.6 Å². The van der Waals surface area contributed by atoms with Crippen LogP contribution in [0.25, 0.3) is 10.6 Å². The zero-order valence-corrected chi connectivity index (χ0v) is 17.1. The van der Waals surface area contributed by atoms with Crippen molar-refractivity contribution in [2.75, 3.05) is 19.7 Å². The first-order valence-electron chi connectivity index (χ1n) is 9.31. The highest BCUT2D eigenvalue weighted by atomic mass is 35.5. The van der Waals surface area contributed by atoms with Gasteiger partial charge in [-0.15, -0.1) is 11.3 Å². The quantitative estimate of drug-likeness (QED) is 0.612. The van der Waals surface area contributed by atoms with Crippen LogP contribution in [-0.2, 0) is 0 Å². The highest BCUT2D eigenvalue weighted by Crippen LogP contribution is 2.28. The van der Waals surface area contributed by atoms with Gasteiger partial charge >= 0.3 is 0 Å². The molecule has 146 valence electrons. The van der Waals surface area contributed by atoms with E-state index in [1.165, 1.54) is 11.3 Å². The molecule has 1 fully saturated rings. The van der Waals surface area contributed by atoms with Gasteiger partial charge < -0.3 is 9.64 Å². The summed E-state index contributed by atoms with van der Waals surface area (Å²) in [5, 5.41) is 7.61. The smallest absolute Gasteiger partial charge is 0.273 e. The molecule has 0 aliphatic carbocycles. The molecule has 3 heterocycles. The fourth-order valence-corrected chi connectivity index (χ4v) is 4.32. The fraction of sp³-hybridized carbons (Fsp3) is 0.350. The number of halogens is 1. The van der Waals surface area contributed by atoms with Crippen LogP contribution < -0.4 is 4.74 Å². The fourth-order valence-electron chi connectivity index (χ4n) is 3.37. The van der Waals surface area contributed by atoms with Crippen LogP contribution in [0.5, 0.6) is 5.75 Å². The van der Waals surface area contributed by atoms with E-state index < -0.39 is 0 Å². The number of likely N-dealkylation sites (tertiary alicyclic amines) is 1. The predicted molar refractivity (Wildman–Crippen MR) is 110 cm³/mol. The molecule has 1 aromatic carbocycles. The maximum absolute atomic E-state index is 12.8. The molecule has 1 saturated heterocycles. The summed E-state index contributed by atoms with van der Waals surface area (Å²) in [6.07, 6.45) is 5.21. The van der Waals surface area contributed by atoms with Crippen molar-refractivity contribution < 1.29 is 9.53 Å². The zero-order chi connectivity index (χ0) is 19.5. The molecule has 0 radical (unpaired) electrons. The number of amides is 1. The zero-order valence-electron chi connectivity index (χ0n) is 15.5. The van der Waals surface area contributed by atoms with Crippen LogP contribution in [-0.4, -0.2) is 45.3 Å². The molecule has 6 nitrogen and oxygen atoms in total. The molecular formula is C20H21ClN4O2S. The Morgan fingerprint density at radius 2 is 2.04 bits per heavy atom. The van der Waals surface area contributed by atoms with Crippen molar-refractivity contribution in [2.24, 2.45) is 0 Å². The predicted octanol–water partition coefficient (Wildman–Crippen LogP) is 4.54. The standard InChI is InChI=1S/C20H21ClN4O2S/c1-2-27-17-5-3-14(4-6-17)19-23-18(13-28-19)20(26)24-9-7-16(8-10-24)25-12-15(21)11-22-25/h3-6,11-13,16H,2,7-10H2,1H3. The molecule has 4 rings (SSSR count). The Bertz CT molecular complexity index is 945. The Kier molecular flexibility index (Phi) is 5.64. The molecule has 0 unspecified atom stereocenters. The summed E-state index contributed by atoms with van der Waals surface area (Å²) in [6, 6.07) is 8.08. The summed E-state index contributed by atoms with van der Waals surface area (Å²) in [4.78, 5) is 19.3. The van der Waals surface area contributed by atoms with Crippen LogP contribution in [0.15, 0.2) is 42.0 Å². The van der Waals surface area contributed by atoms with Crippen LogP contribution in [0.2, 0.25) is 5.02 Å². The Balaban J connectivity index is 1.39. The summed E-state index contributed by atoms with van der Waals surface area (Å²) in [5.74, 6) is 0.825. The Morgan fingerprint density at radius 3 is 2.68 bits per heavy atom. The lowest BCUT2D eigenvalue weighted by Gasteiger charge is -2.31. The number of benzene rings is 1. The van der Waals surface area contributed by atoms with Gasteiger partial charge in [0.2, 0.25) is 0 Å². The lowest BCUT2D eigenvalue weighted by atomic mass is 10.1. The molecule has 2 aromatic heterocycles. The van der Waals surface area contributed by atoms with Crippen molar-refractivity contribution in [1.82, 2.24) is 19.7 Å². The van der Waals surface area contributed by atoms with Gasteiger partial charge in [-0.25, -0.2) is 4.98 Å². The van der Waals surface area contributed by atoms with Gasteiger partial charge in [-0.05, 0) is 44.0 Å². The van der Waals surface area contributed by atoms with E-state index in [4.69, 9.17) is 16.3 Å². The summed E-state index contributed by atoms with van der Waals surface area (Å²) in [6.45, 7) is 3.98. The minimum atomic E-state index is -0.00890. The third-order valence-electron chi connectivity index (χ3n) is 4.83. The van der Waals surface area contributed by atoms with E-state index >= 15 is 0 Å². The Morgan fingerprint density at radius 1 is 1.29 bits per heavy atom. The summed E-state index contributed by atoms with van der Waals surface area (Å²) in [5.41, 5.74) is 1.50. The number of hydrogen-bond donors (Lipinski definition) is 0. The molecule has 8 heteroatoms. The molecule has 0 spiro atoms. The molecule has 3 aromatic rings. The molecule has 1 aliphatic rings. The average Bonchev–Trinajstić information content (AvgIpc) is 3.38. The first-order valence-corrected chi connectivity index (χ1v) is 10.6. The highest BCUT2D eigenvalue weighted by Gasteiger charge is 2.26. The van der Waals surface area contributed by atoms with Crippen molar-refractivity contribution in [3.8, 4) is 16.3 Å². The van der Waals surface area contributed by atoms with Crippen LogP contribution >= 0.6 is 22.9 Å². The third-order valence-corrected chi connectivity index (χ3v) is 5.92. The maximum Gasteiger partial charge on any atom is 0.273 e. The second kappa shape index (κ2) is 8.32. The van der Waals surface area contributed by atoms with Crippen molar-refractivity contribution in [3.05, 3.63) is 52.8 Å². The normalized spacial score (nSPS) is 15.0. The van der Waals surface area contributed by atoms with E-state index in [0.717, 1.165) is 29.2 Å². The number of ether oxygens (including phenoxy) is 1. The monoisotopic (exact) mass is 416 g/mol. The topological polar surface area (TPSA) is 60.2 Å². The van der Waals surface area contributed by atoms with Gasteiger partial charge in [0, 0.05) is 30.2 Å². The van der Waals surface area contributed by atoms with E-state index in [9.17, 15) is 4.79 Å². The number of nitrogens with zero attached hydrogens (tertiary/aromatic N) is 4. The minimum Gasteiger partial charge on any atom is -0.494 e. The van der Waals surface area contributed by atoms with Gasteiger partial charge in [0.05, 0.1) is 23.9 Å². The molecule has 1 amide bonds. The number of rotatable bonds is 5. The average molecular weight is 417 g/mol. The lowest BCUT2D eigenvalue weighted by Crippen LogP contribution is -2.39. The van der Waals surface area contributed by atoms with Crippen molar-refractivity contribution in [1.29, 1.82) is 0 Å². The van der Waals surface area contributed by atoms with Crippen LogP contribution in [0.4, 0.5) is 0 Å². The largest absolute Gasteiger partial charge is 0.494 e.